The van der Waals surface area contributed by atoms with Gasteiger partial charge in [0.25, 0.3) is 0 Å². The Morgan fingerprint density at radius 1 is 0.947 bits per heavy atom. The number of nitrogens with two attached hydrogens (primary N) is 1. The third kappa shape index (κ3) is 2.90. The Labute approximate surface area is 115 Å². The number of aryl methyl sites for hydroxylation is 2. The molecular weight excluding hydrogens is 232 g/mol. The molecule has 100 valence electrons. The second kappa shape index (κ2) is 5.35. The van der Waals surface area contributed by atoms with Crippen molar-refractivity contribution in [2.24, 2.45) is 0 Å². The van der Waals surface area contributed by atoms with E-state index in [1.165, 1.54) is 27.8 Å². The zero-order valence-electron chi connectivity index (χ0n) is 12.2. The van der Waals surface area contributed by atoms with Crippen molar-refractivity contribution in [1.29, 1.82) is 0 Å². The van der Waals surface area contributed by atoms with Gasteiger partial charge in [0.15, 0.2) is 0 Å². The Morgan fingerprint density at radius 2 is 1.68 bits per heavy atom. The molecule has 3 N–H and O–H groups in total. The summed E-state index contributed by atoms with van der Waals surface area (Å²) in [4.78, 5) is 0. The Hall–Kier alpha value is -1.96. The third-order valence-electron chi connectivity index (χ3n) is 3.85. The van der Waals surface area contributed by atoms with Crippen molar-refractivity contribution < 1.29 is 0 Å². The molecule has 2 aromatic rings. The van der Waals surface area contributed by atoms with E-state index in [4.69, 9.17) is 5.73 Å². The van der Waals surface area contributed by atoms with Crippen molar-refractivity contribution in [2.75, 3.05) is 11.1 Å². The highest BCUT2D eigenvalue weighted by molar-refractivity contribution is 5.67. The van der Waals surface area contributed by atoms with Gasteiger partial charge >= 0.3 is 0 Å². The number of hydrogen-bond donors (Lipinski definition) is 2. The van der Waals surface area contributed by atoms with Crippen molar-refractivity contribution in [1.82, 2.24) is 0 Å². The molecule has 19 heavy (non-hydrogen) atoms. The molecule has 0 spiro atoms. The van der Waals surface area contributed by atoms with E-state index in [2.05, 4.69) is 51.2 Å². The Balaban J connectivity index is 2.19. The highest BCUT2D eigenvalue weighted by Gasteiger charge is 2.05. The minimum atomic E-state index is 0.798. The number of rotatable bonds is 3. The smallest absolute Gasteiger partial charge is 0.0579 e. The molecule has 0 amide bonds. The van der Waals surface area contributed by atoms with E-state index in [1.54, 1.807) is 0 Å². The first-order valence-corrected chi connectivity index (χ1v) is 6.64. The number of nitrogens with one attached hydrogen (secondary N) is 1. The minimum Gasteiger partial charge on any atom is -0.397 e. The molecule has 0 aliphatic carbocycles. The van der Waals surface area contributed by atoms with Gasteiger partial charge < -0.3 is 11.1 Å². The van der Waals surface area contributed by atoms with Gasteiger partial charge in [0.2, 0.25) is 0 Å². The molecule has 2 heteroatoms. The number of anilines is 2. The molecule has 2 nitrogen and oxygen atoms in total. The lowest BCUT2D eigenvalue weighted by atomic mass is 9.99. The predicted molar refractivity (Wildman–Crippen MR) is 83.6 cm³/mol. The van der Waals surface area contributed by atoms with Crippen molar-refractivity contribution in [2.45, 2.75) is 34.2 Å². The molecule has 0 bridgehead atoms. The van der Waals surface area contributed by atoms with Crippen LogP contribution >= 0.6 is 0 Å². The molecule has 0 fully saturated rings. The fraction of sp³-hybridized carbons (Fsp3) is 0.294. The Morgan fingerprint density at radius 3 is 2.42 bits per heavy atom. The van der Waals surface area contributed by atoms with Crippen LogP contribution in [0.4, 0.5) is 11.4 Å². The zero-order valence-corrected chi connectivity index (χ0v) is 12.2. The first kappa shape index (κ1) is 13.5. The van der Waals surface area contributed by atoms with Crippen LogP contribution in [0.5, 0.6) is 0 Å². The van der Waals surface area contributed by atoms with E-state index in [9.17, 15) is 0 Å². The summed E-state index contributed by atoms with van der Waals surface area (Å²) >= 11 is 0. The van der Waals surface area contributed by atoms with Gasteiger partial charge in [-0.3, -0.25) is 0 Å². The molecule has 0 atom stereocenters. The normalized spacial score (nSPS) is 10.5. The van der Waals surface area contributed by atoms with Gasteiger partial charge in [-0.25, -0.2) is 0 Å². The summed E-state index contributed by atoms with van der Waals surface area (Å²) < 4.78 is 0. The van der Waals surface area contributed by atoms with E-state index < -0.39 is 0 Å². The maximum absolute atomic E-state index is 5.98. The van der Waals surface area contributed by atoms with Crippen LogP contribution in [-0.4, -0.2) is 0 Å². The Bertz CT molecular complexity index is 600. The van der Waals surface area contributed by atoms with Gasteiger partial charge in [0.1, 0.15) is 0 Å². The highest BCUT2D eigenvalue weighted by atomic mass is 14.9. The fourth-order valence-electron chi connectivity index (χ4n) is 2.22. The van der Waals surface area contributed by atoms with Crippen LogP contribution in [-0.2, 0) is 6.54 Å². The number of nitrogen functional groups attached to an aromatic ring is 1. The van der Waals surface area contributed by atoms with Crippen molar-refractivity contribution in [3.05, 3.63) is 58.1 Å². The Kier molecular flexibility index (Phi) is 3.79. The van der Waals surface area contributed by atoms with Gasteiger partial charge in [0.05, 0.1) is 11.4 Å². The topological polar surface area (TPSA) is 38.0 Å². The van der Waals surface area contributed by atoms with Crippen molar-refractivity contribution in [3.63, 3.8) is 0 Å². The molecular formula is C17H22N2. The standard InChI is InChI=1S/C17H22N2/c1-11-5-8-16(18)17(9-11)19-10-15-7-6-12(2)13(3)14(15)4/h5-9,19H,10,18H2,1-4H3. The fourth-order valence-corrected chi connectivity index (χ4v) is 2.22. The molecule has 0 aliphatic heterocycles. The van der Waals surface area contributed by atoms with Crippen LogP contribution in [0.15, 0.2) is 30.3 Å². The molecule has 0 aromatic heterocycles. The molecule has 0 heterocycles. The van der Waals surface area contributed by atoms with E-state index in [0.717, 1.165) is 17.9 Å². The van der Waals surface area contributed by atoms with Crippen LogP contribution in [0.1, 0.15) is 27.8 Å². The highest BCUT2D eigenvalue weighted by Crippen LogP contribution is 2.22. The lowest BCUT2D eigenvalue weighted by Crippen LogP contribution is -2.05. The zero-order chi connectivity index (χ0) is 14.0. The first-order valence-electron chi connectivity index (χ1n) is 6.64. The summed E-state index contributed by atoms with van der Waals surface area (Å²) in [5, 5.41) is 3.43. The average Bonchev–Trinajstić information content (AvgIpc) is 2.39. The summed E-state index contributed by atoms with van der Waals surface area (Å²) in [7, 11) is 0. The quantitative estimate of drug-likeness (QED) is 0.809. The number of benzene rings is 2. The summed E-state index contributed by atoms with van der Waals surface area (Å²) in [6.07, 6.45) is 0. The lowest BCUT2D eigenvalue weighted by molar-refractivity contribution is 1.09. The summed E-state index contributed by atoms with van der Waals surface area (Å²) in [6, 6.07) is 10.4. The monoisotopic (exact) mass is 254 g/mol. The summed E-state index contributed by atoms with van der Waals surface area (Å²) in [6.45, 7) is 9.39. The summed E-state index contributed by atoms with van der Waals surface area (Å²) in [5.41, 5.74) is 14.4. The van der Waals surface area contributed by atoms with Crippen LogP contribution in [0.3, 0.4) is 0 Å². The second-order valence-corrected chi connectivity index (χ2v) is 5.24. The lowest BCUT2D eigenvalue weighted by Gasteiger charge is -2.14. The van der Waals surface area contributed by atoms with Crippen LogP contribution in [0.25, 0.3) is 0 Å². The largest absolute Gasteiger partial charge is 0.397 e. The van der Waals surface area contributed by atoms with Gasteiger partial charge in [-0.2, -0.15) is 0 Å². The van der Waals surface area contributed by atoms with E-state index in [1.807, 2.05) is 12.1 Å². The van der Waals surface area contributed by atoms with E-state index >= 15 is 0 Å². The van der Waals surface area contributed by atoms with E-state index in [0.29, 0.717) is 0 Å². The van der Waals surface area contributed by atoms with Crippen molar-refractivity contribution >= 4 is 11.4 Å². The van der Waals surface area contributed by atoms with Gasteiger partial charge in [-0.1, -0.05) is 18.2 Å². The van der Waals surface area contributed by atoms with Crippen LogP contribution < -0.4 is 11.1 Å². The maximum atomic E-state index is 5.98. The second-order valence-electron chi connectivity index (χ2n) is 5.24. The predicted octanol–water partition coefficient (Wildman–Crippen LogP) is 4.11. The summed E-state index contributed by atoms with van der Waals surface area (Å²) in [5.74, 6) is 0. The van der Waals surface area contributed by atoms with E-state index in [-0.39, 0.29) is 0 Å². The molecule has 0 saturated heterocycles. The SMILES string of the molecule is Cc1ccc(N)c(NCc2ccc(C)c(C)c2C)c1. The van der Waals surface area contributed by atoms with Gasteiger partial charge in [0, 0.05) is 6.54 Å². The van der Waals surface area contributed by atoms with Crippen molar-refractivity contribution in [3.8, 4) is 0 Å². The number of hydrogen-bond acceptors (Lipinski definition) is 2. The molecule has 0 radical (unpaired) electrons. The molecule has 0 aliphatic rings. The average molecular weight is 254 g/mol. The third-order valence-corrected chi connectivity index (χ3v) is 3.85. The molecule has 2 aromatic carbocycles. The maximum Gasteiger partial charge on any atom is 0.0579 e. The van der Waals surface area contributed by atoms with Gasteiger partial charge in [-0.05, 0) is 67.6 Å². The molecule has 0 saturated carbocycles. The minimum absolute atomic E-state index is 0.798. The van der Waals surface area contributed by atoms with Crippen LogP contribution in [0.2, 0.25) is 0 Å². The molecule has 2 rings (SSSR count). The molecule has 0 unspecified atom stereocenters. The van der Waals surface area contributed by atoms with Gasteiger partial charge in [-0.15, -0.1) is 0 Å². The van der Waals surface area contributed by atoms with Crippen LogP contribution in [0, 0.1) is 27.7 Å². The first-order chi connectivity index (χ1) is 8.99.